The standard InChI is InChI=1S/C29H20ClN3O3/c1-18(34)36-23-11-7-19(8-12-23)26-27(28(35)20-5-3-2-4-6-20)33-24-13-10-22(30)15-21(24)9-14-25(33)29(26,16-31)17-32/h2-15,25-27H,1H3. The molecule has 176 valence electrons. The quantitative estimate of drug-likeness (QED) is 0.269. The minimum Gasteiger partial charge on any atom is -0.427 e. The van der Waals surface area contributed by atoms with Crippen molar-refractivity contribution in [2.75, 3.05) is 4.90 Å². The first kappa shape index (κ1) is 23.4. The second-order valence-corrected chi connectivity index (χ2v) is 9.26. The molecule has 0 N–H and O–H groups in total. The van der Waals surface area contributed by atoms with Crippen LogP contribution >= 0.6 is 11.6 Å². The number of benzene rings is 3. The lowest BCUT2D eigenvalue weighted by Gasteiger charge is -2.35. The van der Waals surface area contributed by atoms with E-state index in [0.29, 0.717) is 21.9 Å². The van der Waals surface area contributed by atoms with Crippen LogP contribution in [-0.4, -0.2) is 23.8 Å². The zero-order valence-electron chi connectivity index (χ0n) is 19.3. The number of hydrogen-bond acceptors (Lipinski definition) is 6. The number of Topliss-reactive ketones (excluding diaryl/α,β-unsaturated/α-hetero) is 1. The van der Waals surface area contributed by atoms with Gasteiger partial charge in [-0.1, -0.05) is 66.2 Å². The van der Waals surface area contributed by atoms with E-state index >= 15 is 0 Å². The normalized spacial score (nSPS) is 21.0. The van der Waals surface area contributed by atoms with E-state index in [1.165, 1.54) is 6.92 Å². The third-order valence-electron chi connectivity index (χ3n) is 6.80. The molecule has 3 unspecified atom stereocenters. The summed E-state index contributed by atoms with van der Waals surface area (Å²) < 4.78 is 5.16. The number of ketones is 1. The summed E-state index contributed by atoms with van der Waals surface area (Å²) in [6, 6.07) is 23.9. The molecule has 0 bridgehead atoms. The average Bonchev–Trinajstić information content (AvgIpc) is 3.19. The van der Waals surface area contributed by atoms with E-state index in [9.17, 15) is 20.1 Å². The van der Waals surface area contributed by atoms with Crippen LogP contribution in [0, 0.1) is 28.1 Å². The molecule has 0 radical (unpaired) electrons. The molecule has 7 heteroatoms. The largest absolute Gasteiger partial charge is 0.427 e. The van der Waals surface area contributed by atoms with E-state index in [1.807, 2.05) is 29.2 Å². The summed E-state index contributed by atoms with van der Waals surface area (Å²) in [5.74, 6) is -1.10. The Labute approximate surface area is 213 Å². The minimum atomic E-state index is -1.56. The SMILES string of the molecule is CC(=O)Oc1ccc(C2C(C(=O)c3ccccc3)N3c4ccc(Cl)cc4C=CC3C2(C#N)C#N)cc1. The Bertz CT molecular complexity index is 1450. The molecule has 36 heavy (non-hydrogen) atoms. The molecular formula is C29H20ClN3O3. The summed E-state index contributed by atoms with van der Waals surface area (Å²) in [6.07, 6.45) is 3.66. The van der Waals surface area contributed by atoms with Crippen molar-refractivity contribution in [3.05, 3.63) is 101 Å². The number of hydrogen-bond donors (Lipinski definition) is 0. The number of rotatable bonds is 4. The molecule has 2 aliphatic heterocycles. The predicted octanol–water partition coefficient (Wildman–Crippen LogP) is 5.55. The number of esters is 1. The van der Waals surface area contributed by atoms with E-state index in [0.717, 1.165) is 11.3 Å². The Kier molecular flexibility index (Phi) is 5.84. The monoisotopic (exact) mass is 493 g/mol. The van der Waals surface area contributed by atoms with Crippen LogP contribution in [-0.2, 0) is 4.79 Å². The first-order chi connectivity index (χ1) is 17.4. The zero-order valence-corrected chi connectivity index (χ0v) is 20.0. The maximum atomic E-state index is 14.1. The van der Waals surface area contributed by atoms with Gasteiger partial charge in [-0.2, -0.15) is 10.5 Å². The summed E-state index contributed by atoms with van der Waals surface area (Å²) in [4.78, 5) is 27.4. The van der Waals surface area contributed by atoms with Crippen molar-refractivity contribution in [3.63, 3.8) is 0 Å². The lowest BCUT2D eigenvalue weighted by atomic mass is 9.69. The van der Waals surface area contributed by atoms with Crippen LogP contribution in [0.4, 0.5) is 5.69 Å². The molecule has 0 amide bonds. The molecule has 3 aromatic rings. The van der Waals surface area contributed by atoms with Gasteiger partial charge in [-0.05, 0) is 41.5 Å². The summed E-state index contributed by atoms with van der Waals surface area (Å²) in [7, 11) is 0. The maximum Gasteiger partial charge on any atom is 0.308 e. The van der Waals surface area contributed by atoms with Crippen LogP contribution in [0.5, 0.6) is 5.75 Å². The highest BCUT2D eigenvalue weighted by Gasteiger charge is 2.63. The highest BCUT2D eigenvalue weighted by atomic mass is 35.5. The minimum absolute atomic E-state index is 0.196. The molecule has 1 saturated heterocycles. The topological polar surface area (TPSA) is 94.2 Å². The number of ether oxygens (including phenoxy) is 1. The molecule has 2 heterocycles. The van der Waals surface area contributed by atoms with Crippen LogP contribution < -0.4 is 9.64 Å². The van der Waals surface area contributed by atoms with Crippen molar-refractivity contribution >= 4 is 35.1 Å². The van der Waals surface area contributed by atoms with E-state index in [1.54, 1.807) is 60.7 Å². The number of halogens is 1. The van der Waals surface area contributed by atoms with Gasteiger partial charge in [0.25, 0.3) is 0 Å². The van der Waals surface area contributed by atoms with E-state index in [4.69, 9.17) is 16.3 Å². The Morgan fingerprint density at radius 2 is 1.69 bits per heavy atom. The number of nitrogens with zero attached hydrogens (tertiary/aromatic N) is 3. The number of fused-ring (bicyclic) bond motifs is 3. The molecular weight excluding hydrogens is 474 g/mol. The fourth-order valence-electron chi connectivity index (χ4n) is 5.32. The summed E-state index contributed by atoms with van der Waals surface area (Å²) in [6.45, 7) is 1.31. The number of nitriles is 2. The summed E-state index contributed by atoms with van der Waals surface area (Å²) in [5, 5.41) is 21.5. The molecule has 0 aromatic heterocycles. The third kappa shape index (κ3) is 3.64. The Morgan fingerprint density at radius 3 is 2.33 bits per heavy atom. The van der Waals surface area contributed by atoms with Gasteiger partial charge in [-0.3, -0.25) is 9.59 Å². The lowest BCUT2D eigenvalue weighted by molar-refractivity contribution is -0.131. The van der Waals surface area contributed by atoms with Gasteiger partial charge >= 0.3 is 5.97 Å². The van der Waals surface area contributed by atoms with Gasteiger partial charge in [0.1, 0.15) is 11.8 Å². The molecule has 0 spiro atoms. The van der Waals surface area contributed by atoms with Crippen LogP contribution in [0.2, 0.25) is 5.02 Å². The Morgan fingerprint density at radius 1 is 1.00 bits per heavy atom. The zero-order chi connectivity index (χ0) is 25.4. The third-order valence-corrected chi connectivity index (χ3v) is 7.03. The Hall–Kier alpha value is -4.39. The lowest BCUT2D eigenvalue weighted by Crippen LogP contribution is -2.44. The smallest absolute Gasteiger partial charge is 0.308 e. The summed E-state index contributed by atoms with van der Waals surface area (Å²) in [5.41, 5.74) is 1.09. The van der Waals surface area contributed by atoms with E-state index in [-0.39, 0.29) is 5.78 Å². The first-order valence-corrected chi connectivity index (χ1v) is 11.7. The second kappa shape index (κ2) is 9.00. The van der Waals surface area contributed by atoms with Crippen molar-refractivity contribution in [1.82, 2.24) is 0 Å². The first-order valence-electron chi connectivity index (χ1n) is 11.4. The molecule has 3 atom stereocenters. The van der Waals surface area contributed by atoms with Gasteiger partial charge in [0.05, 0.1) is 18.2 Å². The predicted molar refractivity (Wildman–Crippen MR) is 135 cm³/mol. The van der Waals surface area contributed by atoms with Crippen molar-refractivity contribution in [2.45, 2.75) is 24.9 Å². The van der Waals surface area contributed by atoms with Crippen molar-refractivity contribution < 1.29 is 14.3 Å². The van der Waals surface area contributed by atoms with E-state index in [2.05, 4.69) is 12.1 Å². The maximum absolute atomic E-state index is 14.1. The van der Waals surface area contributed by atoms with Crippen molar-refractivity contribution in [3.8, 4) is 17.9 Å². The van der Waals surface area contributed by atoms with E-state index < -0.39 is 29.4 Å². The number of carbonyl (C=O) groups excluding carboxylic acids is 2. The van der Waals surface area contributed by atoms with Gasteiger partial charge in [-0.25, -0.2) is 0 Å². The van der Waals surface area contributed by atoms with Gasteiger partial charge < -0.3 is 9.64 Å². The van der Waals surface area contributed by atoms with Crippen LogP contribution in [0.3, 0.4) is 0 Å². The van der Waals surface area contributed by atoms with Crippen molar-refractivity contribution in [2.24, 2.45) is 5.41 Å². The number of anilines is 1. The van der Waals surface area contributed by atoms with Gasteiger partial charge in [-0.15, -0.1) is 0 Å². The molecule has 1 fully saturated rings. The Balaban J connectivity index is 1.73. The van der Waals surface area contributed by atoms with Crippen LogP contribution in [0.15, 0.2) is 78.9 Å². The van der Waals surface area contributed by atoms with Gasteiger partial charge in [0.2, 0.25) is 0 Å². The van der Waals surface area contributed by atoms with Crippen molar-refractivity contribution in [1.29, 1.82) is 10.5 Å². The second-order valence-electron chi connectivity index (χ2n) is 8.82. The molecule has 0 aliphatic carbocycles. The number of carbonyl (C=O) groups is 2. The molecule has 2 aliphatic rings. The van der Waals surface area contributed by atoms with Crippen LogP contribution in [0.1, 0.15) is 34.3 Å². The highest BCUT2D eigenvalue weighted by Crippen LogP contribution is 2.55. The molecule has 3 aromatic carbocycles. The average molecular weight is 494 g/mol. The molecule has 0 saturated carbocycles. The van der Waals surface area contributed by atoms with Gasteiger partial charge in [0.15, 0.2) is 11.2 Å². The highest BCUT2D eigenvalue weighted by molar-refractivity contribution is 6.30. The molecule has 6 nitrogen and oxygen atoms in total. The fraction of sp³-hybridized carbons (Fsp3) is 0.172. The summed E-state index contributed by atoms with van der Waals surface area (Å²) >= 11 is 6.24. The molecule has 5 rings (SSSR count). The fourth-order valence-corrected chi connectivity index (χ4v) is 5.50. The van der Waals surface area contributed by atoms with Crippen LogP contribution in [0.25, 0.3) is 6.08 Å². The van der Waals surface area contributed by atoms with Gasteiger partial charge in [0, 0.05) is 29.1 Å².